The van der Waals surface area contributed by atoms with E-state index < -0.39 is 32.7 Å². The van der Waals surface area contributed by atoms with Gasteiger partial charge in [-0.25, -0.2) is 12.8 Å². The molecular formula is C20H19FN2O3S2. The lowest BCUT2D eigenvalue weighted by Crippen LogP contribution is -2.47. The van der Waals surface area contributed by atoms with Gasteiger partial charge in [0.1, 0.15) is 16.8 Å². The molecule has 3 rings (SSSR count). The highest BCUT2D eigenvalue weighted by Crippen LogP contribution is 2.15. The van der Waals surface area contributed by atoms with E-state index in [0.29, 0.717) is 6.54 Å². The lowest BCUT2D eigenvalue weighted by molar-refractivity contribution is -0.122. The molecule has 0 aliphatic rings. The number of nitrogens with one attached hydrogen (secondary N) is 2. The maximum Gasteiger partial charge on any atom is 0.244 e. The number of rotatable bonds is 8. The predicted molar refractivity (Wildman–Crippen MR) is 107 cm³/mol. The molecule has 28 heavy (non-hydrogen) atoms. The molecule has 0 saturated carbocycles. The number of halogens is 1. The number of hydrogen-bond acceptors (Lipinski definition) is 4. The van der Waals surface area contributed by atoms with Gasteiger partial charge >= 0.3 is 0 Å². The number of thiophene rings is 1. The first kappa shape index (κ1) is 20.2. The van der Waals surface area contributed by atoms with Gasteiger partial charge in [0.15, 0.2) is 0 Å². The molecule has 0 spiro atoms. The Bertz CT molecular complexity index is 1020. The van der Waals surface area contributed by atoms with Crippen LogP contribution in [0.5, 0.6) is 0 Å². The van der Waals surface area contributed by atoms with E-state index in [2.05, 4.69) is 10.0 Å². The molecule has 0 bridgehead atoms. The molecule has 2 aromatic carbocycles. The van der Waals surface area contributed by atoms with Crippen LogP contribution in [0.25, 0.3) is 0 Å². The molecule has 0 aliphatic heterocycles. The van der Waals surface area contributed by atoms with E-state index in [0.717, 1.165) is 16.5 Å². The maximum absolute atomic E-state index is 14.0. The SMILES string of the molecule is O=C(NCc1cccs1)C(Cc1ccccc1)NS(=O)(=O)c1ccccc1F. The Hall–Kier alpha value is -2.55. The molecule has 1 aromatic heterocycles. The summed E-state index contributed by atoms with van der Waals surface area (Å²) in [5.41, 5.74) is 0.787. The summed E-state index contributed by atoms with van der Waals surface area (Å²) in [4.78, 5) is 13.2. The summed E-state index contributed by atoms with van der Waals surface area (Å²) in [7, 11) is -4.21. The van der Waals surface area contributed by atoms with Gasteiger partial charge in [0, 0.05) is 4.88 Å². The molecule has 5 nitrogen and oxygen atoms in total. The molecule has 1 heterocycles. The summed E-state index contributed by atoms with van der Waals surface area (Å²) in [5.74, 6) is -1.34. The topological polar surface area (TPSA) is 75.3 Å². The van der Waals surface area contributed by atoms with Gasteiger partial charge in [-0.3, -0.25) is 4.79 Å². The molecule has 3 aromatic rings. The van der Waals surface area contributed by atoms with Crippen molar-refractivity contribution in [2.24, 2.45) is 0 Å². The fraction of sp³-hybridized carbons (Fsp3) is 0.150. The molecule has 8 heteroatoms. The van der Waals surface area contributed by atoms with Crippen LogP contribution >= 0.6 is 11.3 Å². The van der Waals surface area contributed by atoms with E-state index in [1.54, 1.807) is 24.3 Å². The highest BCUT2D eigenvalue weighted by atomic mass is 32.2. The van der Waals surface area contributed by atoms with Crippen molar-refractivity contribution in [3.8, 4) is 0 Å². The molecule has 2 N–H and O–H groups in total. The summed E-state index contributed by atoms with van der Waals surface area (Å²) in [5, 5.41) is 4.64. The number of sulfonamides is 1. The van der Waals surface area contributed by atoms with Crippen LogP contribution in [0.15, 0.2) is 77.0 Å². The first-order valence-electron chi connectivity index (χ1n) is 8.56. The van der Waals surface area contributed by atoms with E-state index in [1.165, 1.54) is 29.5 Å². The number of benzene rings is 2. The second-order valence-corrected chi connectivity index (χ2v) is 8.81. The number of hydrogen-bond donors (Lipinski definition) is 2. The van der Waals surface area contributed by atoms with Gasteiger partial charge in [-0.2, -0.15) is 4.72 Å². The Labute approximate surface area is 167 Å². The number of carbonyl (C=O) groups excluding carboxylic acids is 1. The Morgan fingerprint density at radius 2 is 1.71 bits per heavy atom. The molecule has 0 radical (unpaired) electrons. The van der Waals surface area contributed by atoms with Gasteiger partial charge in [0.2, 0.25) is 15.9 Å². The van der Waals surface area contributed by atoms with Crippen molar-refractivity contribution in [2.45, 2.75) is 23.9 Å². The highest BCUT2D eigenvalue weighted by molar-refractivity contribution is 7.89. The van der Waals surface area contributed by atoms with Crippen molar-refractivity contribution in [1.29, 1.82) is 0 Å². The minimum absolute atomic E-state index is 0.144. The van der Waals surface area contributed by atoms with Gasteiger partial charge in [-0.1, -0.05) is 48.5 Å². The van der Waals surface area contributed by atoms with E-state index in [9.17, 15) is 17.6 Å². The molecule has 0 fully saturated rings. The Morgan fingerprint density at radius 1 is 1.00 bits per heavy atom. The molecule has 1 unspecified atom stereocenters. The smallest absolute Gasteiger partial charge is 0.244 e. The lowest BCUT2D eigenvalue weighted by Gasteiger charge is -2.19. The third-order valence-corrected chi connectivity index (χ3v) is 6.42. The second-order valence-electron chi connectivity index (χ2n) is 6.09. The van der Waals surface area contributed by atoms with Gasteiger partial charge < -0.3 is 5.32 Å². The maximum atomic E-state index is 14.0. The lowest BCUT2D eigenvalue weighted by atomic mass is 10.1. The van der Waals surface area contributed by atoms with Crippen molar-refractivity contribution in [3.05, 3.63) is 88.4 Å². The van der Waals surface area contributed by atoms with Crippen LogP contribution in [0.4, 0.5) is 4.39 Å². The summed E-state index contributed by atoms with van der Waals surface area (Å²) >= 11 is 1.49. The van der Waals surface area contributed by atoms with Crippen LogP contribution in [0, 0.1) is 5.82 Å². The van der Waals surface area contributed by atoms with Crippen LogP contribution < -0.4 is 10.0 Å². The summed E-state index contributed by atoms with van der Waals surface area (Å²) in [6.07, 6.45) is 0.144. The van der Waals surface area contributed by atoms with Gasteiger partial charge in [0.05, 0.1) is 6.54 Å². The fourth-order valence-electron chi connectivity index (χ4n) is 2.66. The average molecular weight is 419 g/mol. The molecule has 0 aliphatic carbocycles. The van der Waals surface area contributed by atoms with Gasteiger partial charge in [0.25, 0.3) is 0 Å². The Morgan fingerprint density at radius 3 is 2.39 bits per heavy atom. The van der Waals surface area contributed by atoms with Crippen molar-refractivity contribution in [2.75, 3.05) is 0 Å². The van der Waals surface area contributed by atoms with Gasteiger partial charge in [-0.15, -0.1) is 11.3 Å². The summed E-state index contributed by atoms with van der Waals surface area (Å²) in [6, 6.07) is 16.8. The standard InChI is InChI=1S/C20H19FN2O3S2/c21-17-10-4-5-11-19(17)28(25,26)23-18(13-15-7-2-1-3-8-15)20(24)22-14-16-9-6-12-27-16/h1-12,18,23H,13-14H2,(H,22,24). The Balaban J connectivity index is 1.80. The van der Waals surface area contributed by atoms with E-state index in [-0.39, 0.29) is 6.42 Å². The predicted octanol–water partition coefficient (Wildman–Crippen LogP) is 3.09. The molecular weight excluding hydrogens is 399 g/mol. The van der Waals surface area contributed by atoms with Crippen LogP contribution in [0.3, 0.4) is 0 Å². The summed E-state index contributed by atoms with van der Waals surface area (Å²) < 4.78 is 41.7. The van der Waals surface area contributed by atoms with Crippen molar-refractivity contribution in [3.63, 3.8) is 0 Å². The zero-order chi connectivity index (χ0) is 20.0. The fourth-order valence-corrected chi connectivity index (χ4v) is 4.58. The molecule has 1 atom stereocenters. The van der Waals surface area contributed by atoms with Crippen LogP contribution in [-0.2, 0) is 27.8 Å². The van der Waals surface area contributed by atoms with E-state index in [1.807, 2.05) is 23.6 Å². The zero-order valence-corrected chi connectivity index (χ0v) is 16.5. The first-order valence-corrected chi connectivity index (χ1v) is 10.9. The van der Waals surface area contributed by atoms with E-state index >= 15 is 0 Å². The third kappa shape index (κ3) is 5.25. The van der Waals surface area contributed by atoms with Crippen molar-refractivity contribution < 1.29 is 17.6 Å². The first-order chi connectivity index (χ1) is 13.5. The number of carbonyl (C=O) groups is 1. The Kier molecular flexibility index (Phi) is 6.56. The minimum atomic E-state index is -4.21. The van der Waals surface area contributed by atoms with Crippen LogP contribution in [-0.4, -0.2) is 20.4 Å². The van der Waals surface area contributed by atoms with E-state index in [4.69, 9.17) is 0 Å². The minimum Gasteiger partial charge on any atom is -0.350 e. The largest absolute Gasteiger partial charge is 0.350 e. The third-order valence-electron chi connectivity index (χ3n) is 4.04. The molecule has 0 saturated heterocycles. The molecule has 146 valence electrons. The normalized spacial score (nSPS) is 12.5. The van der Waals surface area contributed by atoms with Crippen molar-refractivity contribution in [1.82, 2.24) is 10.0 Å². The second kappa shape index (κ2) is 9.09. The zero-order valence-electron chi connectivity index (χ0n) is 14.8. The van der Waals surface area contributed by atoms with Crippen LogP contribution in [0.2, 0.25) is 0 Å². The van der Waals surface area contributed by atoms with Gasteiger partial charge in [-0.05, 0) is 35.6 Å². The monoisotopic (exact) mass is 418 g/mol. The average Bonchev–Trinajstić information content (AvgIpc) is 3.20. The van der Waals surface area contributed by atoms with Crippen molar-refractivity contribution >= 4 is 27.3 Å². The highest BCUT2D eigenvalue weighted by Gasteiger charge is 2.27. The summed E-state index contributed by atoms with van der Waals surface area (Å²) in [6.45, 7) is 0.295. The molecule has 1 amide bonds. The number of amides is 1. The quantitative estimate of drug-likeness (QED) is 0.590. The van der Waals surface area contributed by atoms with Crippen LogP contribution in [0.1, 0.15) is 10.4 Å².